The molecule has 0 heterocycles. The van der Waals surface area contributed by atoms with Gasteiger partial charge in [0.2, 0.25) is 0 Å². The molecule has 1 amide bonds. The maximum atomic E-state index is 11.8. The maximum absolute atomic E-state index is 11.8. The van der Waals surface area contributed by atoms with Crippen LogP contribution in [0.15, 0.2) is 18.2 Å². The topological polar surface area (TPSA) is 72.2 Å². The first-order valence-corrected chi connectivity index (χ1v) is 7.25. The molecule has 0 aliphatic carbocycles. The molecule has 6 heteroatoms. The zero-order valence-corrected chi connectivity index (χ0v) is 11.1. The van der Waals surface area contributed by atoms with E-state index in [0.29, 0.717) is 35.0 Å². The first-order chi connectivity index (χ1) is 8.02. The highest BCUT2D eigenvalue weighted by Crippen LogP contribution is 2.21. The Morgan fingerprint density at radius 1 is 1.53 bits per heavy atom. The lowest BCUT2D eigenvalue weighted by molar-refractivity contribution is 0.0955. The van der Waals surface area contributed by atoms with Crippen molar-refractivity contribution in [3.8, 4) is 0 Å². The van der Waals surface area contributed by atoms with Crippen molar-refractivity contribution in [2.45, 2.75) is 6.42 Å². The molecule has 3 N–H and O–H groups in total. The number of nitrogens with two attached hydrogens (primary N) is 1. The fourth-order valence-corrected chi connectivity index (χ4v) is 2.16. The van der Waals surface area contributed by atoms with Crippen LogP contribution >= 0.6 is 11.6 Å². The van der Waals surface area contributed by atoms with E-state index in [-0.39, 0.29) is 5.91 Å². The molecule has 1 rings (SSSR count). The molecule has 0 saturated carbocycles. The van der Waals surface area contributed by atoms with Gasteiger partial charge in [0, 0.05) is 35.0 Å². The third-order valence-corrected chi connectivity index (χ3v) is 3.35. The Bertz CT molecular complexity index is 417. The largest absolute Gasteiger partial charge is 0.398 e. The minimum atomic E-state index is -0.836. The number of halogens is 1. The molecular formula is C11H15ClN2O2S. The highest BCUT2D eigenvalue weighted by Gasteiger charge is 2.12. The van der Waals surface area contributed by atoms with Gasteiger partial charge in [0.25, 0.3) is 5.91 Å². The van der Waals surface area contributed by atoms with Crippen molar-refractivity contribution in [1.29, 1.82) is 0 Å². The molecule has 1 aromatic carbocycles. The summed E-state index contributed by atoms with van der Waals surface area (Å²) < 4.78 is 10.8. The van der Waals surface area contributed by atoms with Crippen molar-refractivity contribution >= 4 is 34.0 Å². The van der Waals surface area contributed by atoms with Crippen LogP contribution in [0.2, 0.25) is 5.02 Å². The van der Waals surface area contributed by atoms with Gasteiger partial charge in [0.15, 0.2) is 0 Å². The fraction of sp³-hybridized carbons (Fsp3) is 0.364. The van der Waals surface area contributed by atoms with Crippen molar-refractivity contribution in [2.24, 2.45) is 0 Å². The van der Waals surface area contributed by atoms with E-state index in [9.17, 15) is 9.00 Å². The van der Waals surface area contributed by atoms with Crippen LogP contribution in [0.5, 0.6) is 0 Å². The molecule has 1 atom stereocenters. The standard InChI is InChI=1S/C11H15ClN2O2S/c1-17(16)7-3-6-14-11(15)10-8(12)4-2-5-9(10)13/h2,4-5H,3,6-7,13H2,1H3,(H,14,15). The average Bonchev–Trinajstić information content (AvgIpc) is 2.24. The maximum Gasteiger partial charge on any atom is 0.254 e. The lowest BCUT2D eigenvalue weighted by atomic mass is 10.1. The number of nitrogens with one attached hydrogen (secondary N) is 1. The Morgan fingerprint density at radius 2 is 2.24 bits per heavy atom. The van der Waals surface area contributed by atoms with Gasteiger partial charge in [0.05, 0.1) is 10.6 Å². The number of hydrogen-bond acceptors (Lipinski definition) is 3. The van der Waals surface area contributed by atoms with E-state index < -0.39 is 10.8 Å². The van der Waals surface area contributed by atoms with Crippen molar-refractivity contribution in [1.82, 2.24) is 5.32 Å². The predicted octanol–water partition coefficient (Wildman–Crippen LogP) is 1.42. The van der Waals surface area contributed by atoms with Crippen LogP contribution in [0, 0.1) is 0 Å². The highest BCUT2D eigenvalue weighted by molar-refractivity contribution is 7.84. The number of nitrogen functional groups attached to an aromatic ring is 1. The summed E-state index contributed by atoms with van der Waals surface area (Å²) in [5.74, 6) is 0.271. The van der Waals surface area contributed by atoms with E-state index in [2.05, 4.69) is 5.32 Å². The molecule has 0 spiro atoms. The summed E-state index contributed by atoms with van der Waals surface area (Å²) >= 11 is 5.90. The molecule has 0 aliphatic heterocycles. The van der Waals surface area contributed by atoms with Gasteiger partial charge in [-0.2, -0.15) is 0 Å². The van der Waals surface area contributed by atoms with Crippen molar-refractivity contribution in [3.63, 3.8) is 0 Å². The minimum Gasteiger partial charge on any atom is -0.398 e. The van der Waals surface area contributed by atoms with Gasteiger partial charge in [-0.25, -0.2) is 0 Å². The summed E-state index contributed by atoms with van der Waals surface area (Å²) in [7, 11) is -0.836. The Morgan fingerprint density at radius 3 is 2.82 bits per heavy atom. The van der Waals surface area contributed by atoms with Crippen LogP contribution in [0.25, 0.3) is 0 Å². The first kappa shape index (κ1) is 14.0. The number of benzene rings is 1. The van der Waals surface area contributed by atoms with Gasteiger partial charge in [-0.3, -0.25) is 9.00 Å². The zero-order chi connectivity index (χ0) is 12.8. The second-order valence-corrected chi connectivity index (χ2v) is 5.55. The van der Waals surface area contributed by atoms with Crippen LogP contribution in [-0.4, -0.2) is 28.7 Å². The number of rotatable bonds is 5. The molecule has 0 bridgehead atoms. The van der Waals surface area contributed by atoms with Crippen LogP contribution in [0.1, 0.15) is 16.8 Å². The molecule has 0 radical (unpaired) electrons. The second kappa shape index (κ2) is 6.61. The zero-order valence-electron chi connectivity index (χ0n) is 9.53. The average molecular weight is 275 g/mol. The van der Waals surface area contributed by atoms with E-state index in [1.54, 1.807) is 24.5 Å². The molecule has 0 fully saturated rings. The number of carbonyl (C=O) groups excluding carboxylic acids is 1. The van der Waals surface area contributed by atoms with Gasteiger partial charge in [0.1, 0.15) is 0 Å². The van der Waals surface area contributed by atoms with Gasteiger partial charge in [-0.15, -0.1) is 0 Å². The quantitative estimate of drug-likeness (QED) is 0.630. The molecule has 1 aromatic rings. The molecule has 0 saturated heterocycles. The smallest absolute Gasteiger partial charge is 0.254 e. The summed E-state index contributed by atoms with van der Waals surface area (Å²) in [6.07, 6.45) is 2.30. The Labute approximate surface area is 108 Å². The van der Waals surface area contributed by atoms with E-state index in [1.165, 1.54) is 0 Å². The van der Waals surface area contributed by atoms with Crippen LogP contribution in [-0.2, 0) is 10.8 Å². The van der Waals surface area contributed by atoms with E-state index in [1.807, 2.05) is 0 Å². The molecule has 17 heavy (non-hydrogen) atoms. The second-order valence-electron chi connectivity index (χ2n) is 3.59. The fourth-order valence-electron chi connectivity index (χ4n) is 1.35. The van der Waals surface area contributed by atoms with Gasteiger partial charge < -0.3 is 11.1 Å². The Kier molecular flexibility index (Phi) is 5.44. The number of anilines is 1. The normalized spacial score (nSPS) is 12.1. The van der Waals surface area contributed by atoms with Gasteiger partial charge >= 0.3 is 0 Å². The summed E-state index contributed by atoms with van der Waals surface area (Å²) in [4.78, 5) is 11.8. The first-order valence-electron chi connectivity index (χ1n) is 5.14. The molecule has 94 valence electrons. The van der Waals surface area contributed by atoms with Crippen molar-refractivity contribution in [2.75, 3.05) is 24.3 Å². The third kappa shape index (κ3) is 4.36. The monoisotopic (exact) mass is 274 g/mol. The summed E-state index contributed by atoms with van der Waals surface area (Å²) in [5, 5.41) is 3.03. The summed E-state index contributed by atoms with van der Waals surface area (Å²) in [6, 6.07) is 4.94. The number of amides is 1. The SMILES string of the molecule is CS(=O)CCCNC(=O)c1c(N)cccc1Cl. The number of carbonyl (C=O) groups is 1. The molecule has 0 aliphatic rings. The van der Waals surface area contributed by atoms with Gasteiger partial charge in [-0.1, -0.05) is 17.7 Å². The van der Waals surface area contributed by atoms with E-state index in [4.69, 9.17) is 17.3 Å². The lowest BCUT2D eigenvalue weighted by Gasteiger charge is -2.08. The predicted molar refractivity (Wildman–Crippen MR) is 71.7 cm³/mol. The summed E-state index contributed by atoms with van der Waals surface area (Å²) in [6.45, 7) is 0.461. The molecular weight excluding hydrogens is 260 g/mol. The lowest BCUT2D eigenvalue weighted by Crippen LogP contribution is -2.26. The van der Waals surface area contributed by atoms with Crippen molar-refractivity contribution in [3.05, 3.63) is 28.8 Å². The van der Waals surface area contributed by atoms with Crippen LogP contribution in [0.4, 0.5) is 5.69 Å². The molecule has 0 aromatic heterocycles. The minimum absolute atomic E-state index is 0.296. The Hall–Kier alpha value is -1.07. The number of hydrogen-bond donors (Lipinski definition) is 2. The summed E-state index contributed by atoms with van der Waals surface area (Å²) in [5.41, 5.74) is 6.33. The van der Waals surface area contributed by atoms with Crippen molar-refractivity contribution < 1.29 is 9.00 Å². The Balaban J connectivity index is 2.55. The molecule has 1 unspecified atom stereocenters. The van der Waals surface area contributed by atoms with E-state index in [0.717, 1.165) is 0 Å². The van der Waals surface area contributed by atoms with Crippen LogP contribution in [0.3, 0.4) is 0 Å². The third-order valence-electron chi connectivity index (χ3n) is 2.17. The molecule has 4 nitrogen and oxygen atoms in total. The highest BCUT2D eigenvalue weighted by atomic mass is 35.5. The van der Waals surface area contributed by atoms with Gasteiger partial charge in [-0.05, 0) is 18.6 Å². The van der Waals surface area contributed by atoms with Crippen LogP contribution < -0.4 is 11.1 Å². The van der Waals surface area contributed by atoms with E-state index >= 15 is 0 Å².